The van der Waals surface area contributed by atoms with Crippen LogP contribution in [0.2, 0.25) is 0 Å². The Kier molecular flexibility index (Phi) is 4.11. The summed E-state index contributed by atoms with van der Waals surface area (Å²) < 4.78 is 0. The molecule has 132 valence electrons. The van der Waals surface area contributed by atoms with E-state index in [1.165, 1.54) is 16.7 Å². The molecule has 1 fully saturated rings. The Hall–Kier alpha value is -1.80. The van der Waals surface area contributed by atoms with Crippen LogP contribution in [0.3, 0.4) is 0 Å². The number of fused-ring (bicyclic) bond motifs is 3. The highest BCUT2D eigenvalue weighted by Gasteiger charge is 2.50. The number of hydrogen-bond donors (Lipinski definition) is 2. The van der Waals surface area contributed by atoms with Crippen LogP contribution < -0.4 is 0 Å². The number of phenols is 1. The van der Waals surface area contributed by atoms with Crippen LogP contribution in [0.4, 0.5) is 0 Å². The first-order valence-electron chi connectivity index (χ1n) is 9.63. The SMILES string of the molecule is CC[C@@]1(O)CCC2(Cc3ccccc3)c3ccc(O)cc3CC[C@@H]2C1. The molecule has 2 aromatic carbocycles. The molecule has 2 heteroatoms. The Bertz CT molecular complexity index is 754. The molecule has 0 spiro atoms. The van der Waals surface area contributed by atoms with Crippen molar-refractivity contribution >= 4 is 0 Å². The maximum atomic E-state index is 11.0. The lowest BCUT2D eigenvalue weighted by atomic mass is 9.52. The Morgan fingerprint density at radius 1 is 1.08 bits per heavy atom. The van der Waals surface area contributed by atoms with Crippen LogP contribution in [0.5, 0.6) is 5.75 Å². The number of benzene rings is 2. The van der Waals surface area contributed by atoms with Crippen molar-refractivity contribution in [3.63, 3.8) is 0 Å². The van der Waals surface area contributed by atoms with Gasteiger partial charge in [-0.25, -0.2) is 0 Å². The third-order valence-corrected chi connectivity index (χ3v) is 6.85. The van der Waals surface area contributed by atoms with E-state index in [1.807, 2.05) is 12.1 Å². The molecule has 2 aromatic rings. The zero-order valence-electron chi connectivity index (χ0n) is 15.0. The maximum Gasteiger partial charge on any atom is 0.115 e. The fourth-order valence-corrected chi connectivity index (χ4v) is 5.36. The van der Waals surface area contributed by atoms with Gasteiger partial charge in [0.15, 0.2) is 0 Å². The normalized spacial score (nSPS) is 31.2. The van der Waals surface area contributed by atoms with Gasteiger partial charge in [-0.2, -0.15) is 0 Å². The van der Waals surface area contributed by atoms with Crippen molar-refractivity contribution in [2.24, 2.45) is 5.92 Å². The summed E-state index contributed by atoms with van der Waals surface area (Å²) in [6, 6.07) is 16.7. The minimum atomic E-state index is -0.501. The number of phenolic OH excluding ortho intramolecular Hbond substituents is 1. The van der Waals surface area contributed by atoms with Crippen LogP contribution in [-0.2, 0) is 18.3 Å². The molecule has 25 heavy (non-hydrogen) atoms. The molecule has 2 aliphatic rings. The van der Waals surface area contributed by atoms with E-state index < -0.39 is 5.60 Å². The van der Waals surface area contributed by atoms with Crippen molar-refractivity contribution in [1.82, 2.24) is 0 Å². The van der Waals surface area contributed by atoms with E-state index in [4.69, 9.17) is 0 Å². The molecule has 2 nitrogen and oxygen atoms in total. The second-order valence-corrected chi connectivity index (χ2v) is 8.18. The quantitative estimate of drug-likeness (QED) is 0.848. The van der Waals surface area contributed by atoms with E-state index >= 15 is 0 Å². The van der Waals surface area contributed by atoms with Gasteiger partial charge in [-0.1, -0.05) is 43.3 Å². The second-order valence-electron chi connectivity index (χ2n) is 8.18. The predicted molar refractivity (Wildman–Crippen MR) is 101 cm³/mol. The van der Waals surface area contributed by atoms with Crippen molar-refractivity contribution < 1.29 is 10.2 Å². The van der Waals surface area contributed by atoms with Crippen LogP contribution in [0.15, 0.2) is 48.5 Å². The van der Waals surface area contributed by atoms with Crippen LogP contribution in [0, 0.1) is 5.92 Å². The number of aryl methyl sites for hydroxylation is 1. The fraction of sp³-hybridized carbons (Fsp3) is 0.478. The van der Waals surface area contributed by atoms with Gasteiger partial charge in [0.05, 0.1) is 5.60 Å². The molecular formula is C23H28O2. The molecule has 4 rings (SSSR count). The van der Waals surface area contributed by atoms with Crippen molar-refractivity contribution in [1.29, 1.82) is 0 Å². The Labute approximate surface area is 150 Å². The molecule has 3 atom stereocenters. The summed E-state index contributed by atoms with van der Waals surface area (Å²) in [6.45, 7) is 2.11. The summed E-state index contributed by atoms with van der Waals surface area (Å²) in [6.07, 6.45) is 6.76. The molecule has 2 aliphatic carbocycles. The van der Waals surface area contributed by atoms with Gasteiger partial charge in [0, 0.05) is 5.41 Å². The Morgan fingerprint density at radius 2 is 1.88 bits per heavy atom. The first kappa shape index (κ1) is 16.7. The average Bonchev–Trinajstić information content (AvgIpc) is 2.63. The number of aromatic hydroxyl groups is 1. The van der Waals surface area contributed by atoms with E-state index in [-0.39, 0.29) is 5.41 Å². The number of hydrogen-bond acceptors (Lipinski definition) is 2. The van der Waals surface area contributed by atoms with Gasteiger partial charge in [-0.3, -0.25) is 0 Å². The molecular weight excluding hydrogens is 308 g/mol. The minimum absolute atomic E-state index is 0.0873. The van der Waals surface area contributed by atoms with Gasteiger partial charge >= 0.3 is 0 Å². The van der Waals surface area contributed by atoms with Crippen molar-refractivity contribution in [2.45, 2.75) is 62.9 Å². The smallest absolute Gasteiger partial charge is 0.115 e. The molecule has 0 saturated heterocycles. The van der Waals surface area contributed by atoms with Gasteiger partial charge in [0.2, 0.25) is 0 Å². The summed E-state index contributed by atoms with van der Waals surface area (Å²) in [7, 11) is 0. The van der Waals surface area contributed by atoms with Crippen molar-refractivity contribution in [2.75, 3.05) is 0 Å². The van der Waals surface area contributed by atoms with Gasteiger partial charge in [-0.15, -0.1) is 0 Å². The highest BCUT2D eigenvalue weighted by molar-refractivity contribution is 5.44. The molecule has 0 aromatic heterocycles. The average molecular weight is 336 g/mol. The monoisotopic (exact) mass is 336 g/mol. The van der Waals surface area contributed by atoms with Crippen LogP contribution in [0.25, 0.3) is 0 Å². The van der Waals surface area contributed by atoms with Crippen LogP contribution in [0.1, 0.15) is 55.7 Å². The van der Waals surface area contributed by atoms with Gasteiger partial charge in [0.1, 0.15) is 5.75 Å². The van der Waals surface area contributed by atoms with Crippen molar-refractivity contribution in [3.8, 4) is 5.75 Å². The van der Waals surface area contributed by atoms with E-state index in [9.17, 15) is 10.2 Å². The molecule has 0 amide bonds. The molecule has 0 aliphatic heterocycles. The summed E-state index contributed by atoms with van der Waals surface area (Å²) in [5, 5.41) is 20.9. The Morgan fingerprint density at radius 3 is 2.64 bits per heavy atom. The highest BCUT2D eigenvalue weighted by atomic mass is 16.3. The predicted octanol–water partition coefficient (Wildman–Crippen LogP) is 4.76. The standard InChI is InChI=1S/C23H28O2/c1-2-22(25)12-13-23(15-17-6-4-3-5-7-17)19(16-22)9-8-18-14-20(24)10-11-21(18)23/h3-7,10-11,14,19,24-25H,2,8-9,12-13,15-16H2,1H3/t19-,22-,23?/m1/s1. The summed E-state index contributed by atoms with van der Waals surface area (Å²) in [5.41, 5.74) is 3.66. The maximum absolute atomic E-state index is 11.0. The third kappa shape index (κ3) is 2.87. The minimum Gasteiger partial charge on any atom is -0.508 e. The number of rotatable bonds is 3. The lowest BCUT2D eigenvalue weighted by Gasteiger charge is -2.53. The topological polar surface area (TPSA) is 40.5 Å². The van der Waals surface area contributed by atoms with Gasteiger partial charge in [0.25, 0.3) is 0 Å². The van der Waals surface area contributed by atoms with E-state index in [2.05, 4.69) is 43.3 Å². The Balaban J connectivity index is 1.79. The molecule has 0 heterocycles. The molecule has 1 saturated carbocycles. The second kappa shape index (κ2) is 6.17. The van der Waals surface area contributed by atoms with Crippen molar-refractivity contribution in [3.05, 3.63) is 65.2 Å². The molecule has 2 N–H and O–H groups in total. The molecule has 0 radical (unpaired) electrons. The zero-order chi connectivity index (χ0) is 17.5. The van der Waals surface area contributed by atoms with E-state index in [0.29, 0.717) is 11.7 Å². The molecule has 1 unspecified atom stereocenters. The summed E-state index contributed by atoms with van der Waals surface area (Å²) >= 11 is 0. The molecule has 0 bridgehead atoms. The lowest BCUT2D eigenvalue weighted by Crippen LogP contribution is -2.51. The van der Waals surface area contributed by atoms with E-state index in [1.54, 1.807) is 0 Å². The largest absolute Gasteiger partial charge is 0.508 e. The van der Waals surface area contributed by atoms with Crippen LogP contribution >= 0.6 is 0 Å². The van der Waals surface area contributed by atoms with E-state index in [0.717, 1.165) is 44.9 Å². The highest BCUT2D eigenvalue weighted by Crippen LogP contribution is 2.55. The van der Waals surface area contributed by atoms with Crippen LogP contribution in [-0.4, -0.2) is 15.8 Å². The first-order chi connectivity index (χ1) is 12.0. The lowest BCUT2D eigenvalue weighted by molar-refractivity contribution is -0.0529. The summed E-state index contributed by atoms with van der Waals surface area (Å²) in [5.74, 6) is 0.872. The number of aliphatic hydroxyl groups is 1. The van der Waals surface area contributed by atoms with Gasteiger partial charge in [-0.05, 0) is 79.7 Å². The third-order valence-electron chi connectivity index (χ3n) is 6.85. The van der Waals surface area contributed by atoms with Gasteiger partial charge < -0.3 is 10.2 Å². The first-order valence-corrected chi connectivity index (χ1v) is 9.63. The zero-order valence-corrected chi connectivity index (χ0v) is 15.0. The summed E-state index contributed by atoms with van der Waals surface area (Å²) in [4.78, 5) is 0. The fourth-order valence-electron chi connectivity index (χ4n) is 5.36.